The van der Waals surface area contributed by atoms with E-state index in [0.29, 0.717) is 31.7 Å². The molecule has 0 aliphatic carbocycles. The Labute approximate surface area is 187 Å². The number of carbonyl (C=O) groups is 1. The number of piperazine rings is 1. The number of sulfonamides is 1. The number of aromatic amines is 1. The number of hydrogen-bond donors (Lipinski definition) is 1. The second kappa shape index (κ2) is 7.73. The highest BCUT2D eigenvalue weighted by atomic mass is 32.2. The third-order valence-electron chi connectivity index (χ3n) is 6.30. The molecule has 4 heterocycles. The van der Waals surface area contributed by atoms with E-state index in [1.165, 1.54) is 15.4 Å². The van der Waals surface area contributed by atoms with Crippen LogP contribution in [-0.2, 0) is 30.0 Å². The van der Waals surface area contributed by atoms with Crippen molar-refractivity contribution < 1.29 is 13.2 Å². The number of rotatable bonds is 2. The van der Waals surface area contributed by atoms with Crippen LogP contribution in [0.4, 0.5) is 4.79 Å². The first kappa shape index (κ1) is 20.7. The Hall–Kier alpha value is -3.22. The van der Waals surface area contributed by atoms with Crippen molar-refractivity contribution in [2.24, 2.45) is 7.05 Å². The third-order valence-corrected chi connectivity index (χ3v) is 8.12. The first-order valence-corrected chi connectivity index (χ1v) is 12.1. The fourth-order valence-corrected chi connectivity index (χ4v) is 6.00. The van der Waals surface area contributed by atoms with Crippen LogP contribution < -0.4 is 0 Å². The predicted octanol–water partition coefficient (Wildman–Crippen LogP) is 1.97. The minimum atomic E-state index is -3.68. The minimum absolute atomic E-state index is 0.0241. The van der Waals surface area contributed by atoms with Gasteiger partial charge in [-0.15, -0.1) is 6.42 Å². The van der Waals surface area contributed by atoms with Gasteiger partial charge in [0.1, 0.15) is 5.03 Å². The number of nitrogens with one attached hydrogen (secondary N) is 1. The van der Waals surface area contributed by atoms with Crippen LogP contribution in [0.2, 0.25) is 0 Å². The van der Waals surface area contributed by atoms with Crippen molar-refractivity contribution in [3.63, 3.8) is 0 Å². The maximum atomic E-state index is 13.2. The van der Waals surface area contributed by atoms with E-state index in [1.54, 1.807) is 29.2 Å². The average molecular weight is 452 g/mol. The summed E-state index contributed by atoms with van der Waals surface area (Å²) in [4.78, 5) is 19.6. The topological polar surface area (TPSA) is 81.7 Å². The normalized spacial score (nSPS) is 17.4. The summed E-state index contributed by atoms with van der Waals surface area (Å²) in [6.45, 7) is 2.56. The lowest BCUT2D eigenvalue weighted by molar-refractivity contribution is 0.130. The number of hydrogen-bond acceptors (Lipinski definition) is 3. The van der Waals surface area contributed by atoms with Gasteiger partial charge in [0, 0.05) is 75.2 Å². The van der Waals surface area contributed by atoms with Crippen LogP contribution in [0.1, 0.15) is 16.7 Å². The molecule has 1 aromatic carbocycles. The zero-order valence-electron chi connectivity index (χ0n) is 17.9. The van der Waals surface area contributed by atoms with Crippen molar-refractivity contribution in [1.29, 1.82) is 0 Å². The first-order valence-electron chi connectivity index (χ1n) is 10.6. The highest BCUT2D eigenvalue weighted by Crippen LogP contribution is 2.25. The van der Waals surface area contributed by atoms with Crippen molar-refractivity contribution in [2.45, 2.75) is 18.0 Å². The van der Waals surface area contributed by atoms with E-state index in [-0.39, 0.29) is 24.1 Å². The summed E-state index contributed by atoms with van der Waals surface area (Å²) < 4.78 is 29.8. The predicted molar refractivity (Wildman–Crippen MR) is 121 cm³/mol. The number of amides is 2. The lowest BCUT2D eigenvalue weighted by Gasteiger charge is -2.37. The molecule has 166 valence electrons. The van der Waals surface area contributed by atoms with Gasteiger partial charge in [-0.1, -0.05) is 5.92 Å². The number of aryl methyl sites for hydroxylation is 1. The monoisotopic (exact) mass is 451 g/mol. The molecule has 1 fully saturated rings. The molecule has 1 N–H and O–H groups in total. The van der Waals surface area contributed by atoms with Gasteiger partial charge in [-0.05, 0) is 41.8 Å². The highest BCUT2D eigenvalue weighted by Gasteiger charge is 2.33. The molecule has 9 heteroatoms. The number of H-pyrrole nitrogens is 1. The molecule has 0 atom stereocenters. The molecule has 5 rings (SSSR count). The van der Waals surface area contributed by atoms with Gasteiger partial charge in [-0.25, -0.2) is 13.2 Å². The maximum absolute atomic E-state index is 13.2. The van der Waals surface area contributed by atoms with Crippen LogP contribution in [0.15, 0.2) is 41.7 Å². The zero-order valence-corrected chi connectivity index (χ0v) is 18.7. The standard InChI is InChI=1S/C23H25N5O3S/c1-3-17-4-5-21-19(12-17)13-22(24-21)32(30,31)28-10-8-26(9-11-28)23(29)27-7-6-18-14-25(2)15-20(18)16-27/h1,4-5,12-15,24H,6-11,16H2,2H3. The number of nitrogens with zero attached hydrogens (tertiary/aromatic N) is 4. The summed E-state index contributed by atoms with van der Waals surface area (Å²) >= 11 is 0. The van der Waals surface area contributed by atoms with Gasteiger partial charge in [-0.3, -0.25) is 0 Å². The van der Waals surface area contributed by atoms with E-state index in [1.807, 2.05) is 16.5 Å². The molecular formula is C23H25N5O3S. The van der Waals surface area contributed by atoms with Crippen LogP contribution in [0, 0.1) is 12.3 Å². The zero-order chi connectivity index (χ0) is 22.5. The average Bonchev–Trinajstić information content (AvgIpc) is 3.40. The number of urea groups is 1. The largest absolute Gasteiger partial charge is 0.357 e. The van der Waals surface area contributed by atoms with Gasteiger partial charge in [-0.2, -0.15) is 4.31 Å². The Morgan fingerprint density at radius 1 is 1.03 bits per heavy atom. The minimum Gasteiger partial charge on any atom is -0.357 e. The molecule has 0 radical (unpaired) electrons. The summed E-state index contributed by atoms with van der Waals surface area (Å²) in [6.07, 6.45) is 10.5. The highest BCUT2D eigenvalue weighted by molar-refractivity contribution is 7.89. The van der Waals surface area contributed by atoms with E-state index in [2.05, 4.69) is 23.3 Å². The Morgan fingerprint density at radius 2 is 1.78 bits per heavy atom. The number of fused-ring (bicyclic) bond motifs is 2. The molecule has 2 aliphatic rings. The molecule has 32 heavy (non-hydrogen) atoms. The summed E-state index contributed by atoms with van der Waals surface area (Å²) in [5.41, 5.74) is 3.90. The molecule has 0 saturated carbocycles. The number of carbonyl (C=O) groups excluding carboxylic acids is 1. The van der Waals surface area contributed by atoms with Crippen LogP contribution in [0.25, 0.3) is 10.9 Å². The van der Waals surface area contributed by atoms with E-state index < -0.39 is 10.0 Å². The fraction of sp³-hybridized carbons (Fsp3) is 0.348. The Bertz CT molecular complexity index is 1340. The van der Waals surface area contributed by atoms with Crippen LogP contribution >= 0.6 is 0 Å². The number of aromatic nitrogens is 2. The van der Waals surface area contributed by atoms with E-state index >= 15 is 0 Å². The molecule has 3 aromatic rings. The van der Waals surface area contributed by atoms with Crippen molar-refractivity contribution in [3.05, 3.63) is 53.3 Å². The molecule has 0 spiro atoms. The molecule has 0 unspecified atom stereocenters. The Kier molecular flexibility index (Phi) is 4.99. The number of terminal acetylenes is 1. The number of benzene rings is 1. The third kappa shape index (κ3) is 3.55. The van der Waals surface area contributed by atoms with Crippen molar-refractivity contribution >= 4 is 27.0 Å². The summed E-state index contributed by atoms with van der Waals surface area (Å²) in [6, 6.07) is 6.95. The molecule has 8 nitrogen and oxygen atoms in total. The van der Waals surface area contributed by atoms with Gasteiger partial charge in [0.05, 0.1) is 0 Å². The lowest BCUT2D eigenvalue weighted by atomic mass is 10.1. The summed E-state index contributed by atoms with van der Waals surface area (Å²) in [5.74, 6) is 2.56. The van der Waals surface area contributed by atoms with E-state index in [4.69, 9.17) is 6.42 Å². The first-order chi connectivity index (χ1) is 15.3. The van der Waals surface area contributed by atoms with Gasteiger partial charge < -0.3 is 19.4 Å². The lowest BCUT2D eigenvalue weighted by Crippen LogP contribution is -2.54. The van der Waals surface area contributed by atoms with E-state index in [9.17, 15) is 13.2 Å². The van der Waals surface area contributed by atoms with Gasteiger partial charge in [0.15, 0.2) is 0 Å². The van der Waals surface area contributed by atoms with Crippen molar-refractivity contribution in [2.75, 3.05) is 32.7 Å². The molecule has 2 aliphatic heterocycles. The van der Waals surface area contributed by atoms with Crippen molar-refractivity contribution in [1.82, 2.24) is 23.7 Å². The maximum Gasteiger partial charge on any atom is 0.320 e. The van der Waals surface area contributed by atoms with Crippen LogP contribution in [0.5, 0.6) is 0 Å². The fourth-order valence-electron chi connectivity index (χ4n) is 4.56. The molecule has 2 aromatic heterocycles. The van der Waals surface area contributed by atoms with Crippen LogP contribution in [-0.4, -0.2) is 70.8 Å². The Balaban J connectivity index is 1.26. The van der Waals surface area contributed by atoms with Gasteiger partial charge >= 0.3 is 6.03 Å². The SMILES string of the molecule is C#Cc1ccc2[nH]c(S(=O)(=O)N3CCN(C(=O)N4CCc5cn(C)cc5C4)CC3)cc2c1. The summed E-state index contributed by atoms with van der Waals surface area (Å²) in [5, 5.41) is 0.910. The molecule has 1 saturated heterocycles. The molecule has 0 bridgehead atoms. The second-order valence-electron chi connectivity index (χ2n) is 8.40. The molecule has 2 amide bonds. The van der Waals surface area contributed by atoms with Crippen molar-refractivity contribution in [3.8, 4) is 12.3 Å². The van der Waals surface area contributed by atoms with Gasteiger partial charge in [0.25, 0.3) is 10.0 Å². The Morgan fingerprint density at radius 3 is 2.53 bits per heavy atom. The quantitative estimate of drug-likeness (QED) is 0.605. The van der Waals surface area contributed by atoms with E-state index in [0.717, 1.165) is 17.3 Å². The van der Waals surface area contributed by atoms with Crippen LogP contribution in [0.3, 0.4) is 0 Å². The summed E-state index contributed by atoms with van der Waals surface area (Å²) in [7, 11) is -1.69. The second-order valence-corrected chi connectivity index (χ2v) is 10.3. The van der Waals surface area contributed by atoms with Gasteiger partial charge in [0.2, 0.25) is 0 Å². The smallest absolute Gasteiger partial charge is 0.320 e. The molecular weight excluding hydrogens is 426 g/mol.